The van der Waals surface area contributed by atoms with Gasteiger partial charge < -0.3 is 14.9 Å². The maximum atomic E-state index is 10.1. The summed E-state index contributed by atoms with van der Waals surface area (Å²) in [6.45, 7) is -1.54. The molecule has 0 spiro atoms. The Morgan fingerprint density at radius 1 is 1.50 bits per heavy atom. The van der Waals surface area contributed by atoms with Crippen LogP contribution in [0, 0.1) is 0 Å². The van der Waals surface area contributed by atoms with Crippen molar-refractivity contribution in [1.82, 2.24) is 0 Å². The van der Waals surface area contributed by atoms with E-state index in [9.17, 15) is 9.36 Å². The van der Waals surface area contributed by atoms with E-state index in [1.54, 1.807) is 0 Å². The number of hydrogen-bond acceptors (Lipinski definition) is 4. The van der Waals surface area contributed by atoms with E-state index >= 15 is 0 Å². The Balaban J connectivity index is 3.56. The zero-order valence-electron chi connectivity index (χ0n) is 4.93. The van der Waals surface area contributed by atoms with Gasteiger partial charge in [-0.1, -0.05) is 0 Å². The highest BCUT2D eigenvalue weighted by atomic mass is 31.2. The van der Waals surface area contributed by atoms with Gasteiger partial charge in [-0.3, -0.25) is 9.32 Å². The summed E-state index contributed by atoms with van der Waals surface area (Å²) in [7, 11) is -4.56. The molecule has 0 aromatic heterocycles. The number of carbonyl (C=O) groups is 1. The standard InChI is InChI=1S/C3H7O6P/c4-1-3(5)2-9-10(6,7)8/h4H,1-2H2,(H2,6,7,8)/i1+1,3+1. The number of hydrogen-bond donors (Lipinski definition) is 3. The van der Waals surface area contributed by atoms with Gasteiger partial charge >= 0.3 is 7.82 Å². The molecule has 0 atom stereocenters. The Morgan fingerprint density at radius 3 is 2.30 bits per heavy atom. The molecule has 7 heteroatoms. The van der Waals surface area contributed by atoms with E-state index < -0.39 is 26.8 Å². The van der Waals surface area contributed by atoms with Gasteiger partial charge in [0.15, 0.2) is 5.78 Å². The number of aliphatic hydroxyl groups excluding tert-OH is 1. The predicted octanol–water partition coefficient (Wildman–Crippen LogP) is -1.34. The molecule has 0 radical (unpaired) electrons. The number of aliphatic hydroxyl groups is 1. The van der Waals surface area contributed by atoms with Crippen LogP contribution in [-0.2, 0) is 13.9 Å². The van der Waals surface area contributed by atoms with Crippen molar-refractivity contribution in [1.29, 1.82) is 0 Å². The van der Waals surface area contributed by atoms with Gasteiger partial charge in [-0.05, 0) is 0 Å². The highest BCUT2D eigenvalue weighted by Gasteiger charge is 2.15. The molecule has 0 unspecified atom stereocenters. The molecule has 0 aromatic rings. The monoisotopic (exact) mass is 172 g/mol. The topological polar surface area (TPSA) is 104 Å². The first-order valence-corrected chi connectivity index (χ1v) is 3.81. The van der Waals surface area contributed by atoms with Crippen molar-refractivity contribution < 1.29 is 28.8 Å². The smallest absolute Gasteiger partial charge is 0.388 e. The average Bonchev–Trinajstić information content (AvgIpc) is 1.81. The van der Waals surface area contributed by atoms with Gasteiger partial charge in [0.1, 0.15) is 13.2 Å². The van der Waals surface area contributed by atoms with E-state index in [0.29, 0.717) is 0 Å². The summed E-state index contributed by atoms with van der Waals surface area (Å²) in [5, 5.41) is 8.05. The van der Waals surface area contributed by atoms with Crippen molar-refractivity contribution in [2.75, 3.05) is 13.2 Å². The number of carbonyl (C=O) groups excluding carboxylic acids is 1. The summed E-state index contributed by atoms with van der Waals surface area (Å²) >= 11 is 0. The Labute approximate surface area is 56.7 Å². The molecule has 0 saturated carbocycles. The van der Waals surface area contributed by atoms with Gasteiger partial charge in [0.05, 0.1) is 0 Å². The Morgan fingerprint density at radius 2 is 2.00 bits per heavy atom. The highest BCUT2D eigenvalue weighted by molar-refractivity contribution is 7.46. The molecule has 10 heavy (non-hydrogen) atoms. The predicted molar refractivity (Wildman–Crippen MR) is 30.1 cm³/mol. The van der Waals surface area contributed by atoms with Crippen LogP contribution in [0.1, 0.15) is 0 Å². The molecule has 0 rings (SSSR count). The van der Waals surface area contributed by atoms with Gasteiger partial charge in [-0.25, -0.2) is 4.57 Å². The van der Waals surface area contributed by atoms with Crippen LogP contribution in [-0.4, -0.2) is 33.9 Å². The van der Waals surface area contributed by atoms with E-state index in [1.165, 1.54) is 0 Å². The van der Waals surface area contributed by atoms with Crippen LogP contribution in [0.3, 0.4) is 0 Å². The second kappa shape index (κ2) is 3.80. The number of phosphoric acid groups is 1. The fourth-order valence-electron chi connectivity index (χ4n) is 0.202. The van der Waals surface area contributed by atoms with Crippen molar-refractivity contribution >= 4 is 13.6 Å². The zero-order chi connectivity index (χ0) is 8.20. The summed E-state index contributed by atoms with van der Waals surface area (Å²) in [6.07, 6.45) is 0. The van der Waals surface area contributed by atoms with Gasteiger partial charge in [0.25, 0.3) is 0 Å². The first-order valence-electron chi connectivity index (χ1n) is 2.28. The molecule has 0 bridgehead atoms. The number of rotatable bonds is 4. The van der Waals surface area contributed by atoms with Crippen LogP contribution >= 0.6 is 7.82 Å². The van der Waals surface area contributed by atoms with Crippen LogP contribution in [0.25, 0.3) is 0 Å². The summed E-state index contributed by atoms with van der Waals surface area (Å²) in [5.41, 5.74) is 0. The quantitative estimate of drug-likeness (QED) is 0.358. The lowest BCUT2D eigenvalue weighted by atomic mass is 11.0. The summed E-state index contributed by atoms with van der Waals surface area (Å²) < 4.78 is 13.6. The minimum Gasteiger partial charge on any atom is -0.388 e. The molecular weight excluding hydrogens is 165 g/mol. The van der Waals surface area contributed by atoms with E-state index in [1.807, 2.05) is 0 Å². The molecule has 0 aliphatic carbocycles. The summed E-state index contributed by atoms with van der Waals surface area (Å²) in [6, 6.07) is 0. The van der Waals surface area contributed by atoms with E-state index in [4.69, 9.17) is 14.9 Å². The van der Waals surface area contributed by atoms with Crippen LogP contribution < -0.4 is 0 Å². The molecule has 0 aromatic carbocycles. The van der Waals surface area contributed by atoms with Gasteiger partial charge in [-0.2, -0.15) is 0 Å². The van der Waals surface area contributed by atoms with Crippen molar-refractivity contribution in [3.63, 3.8) is 0 Å². The van der Waals surface area contributed by atoms with Crippen LogP contribution in [0.4, 0.5) is 0 Å². The molecular formula is C3H7O6P. The molecule has 0 amide bonds. The number of Topliss-reactive ketones (excluding diaryl/α,β-unsaturated/α-hetero) is 1. The molecule has 0 aliphatic heterocycles. The number of phosphoric ester groups is 1. The SMILES string of the molecule is O=[13C](COP(=O)(O)O)[13CH2]O. The molecule has 0 fully saturated rings. The van der Waals surface area contributed by atoms with Crippen molar-refractivity contribution in [2.24, 2.45) is 0 Å². The van der Waals surface area contributed by atoms with Crippen molar-refractivity contribution in [3.8, 4) is 0 Å². The van der Waals surface area contributed by atoms with Crippen molar-refractivity contribution in [2.45, 2.75) is 0 Å². The largest absolute Gasteiger partial charge is 0.470 e. The molecule has 60 valence electrons. The van der Waals surface area contributed by atoms with Crippen LogP contribution in [0.5, 0.6) is 0 Å². The fraction of sp³-hybridized carbons (Fsp3) is 0.667. The minimum absolute atomic E-state index is 0.763. The third-order valence-corrected chi connectivity index (χ3v) is 1.04. The Hall–Kier alpha value is -0.260. The Bertz CT molecular complexity index is 158. The van der Waals surface area contributed by atoms with Crippen LogP contribution in [0.2, 0.25) is 0 Å². The summed E-state index contributed by atoms with van der Waals surface area (Å²) in [5.74, 6) is -0.775. The maximum Gasteiger partial charge on any atom is 0.470 e. The minimum atomic E-state index is -4.56. The van der Waals surface area contributed by atoms with Gasteiger partial charge in [-0.15, -0.1) is 0 Å². The number of ketones is 1. The molecule has 0 saturated heterocycles. The van der Waals surface area contributed by atoms with E-state index in [2.05, 4.69) is 4.52 Å². The fourth-order valence-corrected chi connectivity index (χ4v) is 0.514. The van der Waals surface area contributed by atoms with Crippen molar-refractivity contribution in [3.05, 3.63) is 0 Å². The second-order valence-corrected chi connectivity index (χ2v) is 2.70. The van der Waals surface area contributed by atoms with E-state index in [-0.39, 0.29) is 0 Å². The van der Waals surface area contributed by atoms with Gasteiger partial charge in [0.2, 0.25) is 0 Å². The lowest BCUT2D eigenvalue weighted by Gasteiger charge is -2.01. The lowest BCUT2D eigenvalue weighted by molar-refractivity contribution is -0.124. The van der Waals surface area contributed by atoms with Crippen LogP contribution in [0.15, 0.2) is 0 Å². The lowest BCUT2D eigenvalue weighted by Crippen LogP contribution is -2.11. The molecule has 0 heterocycles. The normalized spacial score (nSPS) is 11.5. The first kappa shape index (κ1) is 9.74. The molecule has 3 N–H and O–H groups in total. The summed E-state index contributed by atoms with van der Waals surface area (Å²) in [4.78, 5) is 26.2. The first-order chi connectivity index (χ1) is 4.45. The molecule has 6 nitrogen and oxygen atoms in total. The van der Waals surface area contributed by atoms with E-state index in [0.717, 1.165) is 0 Å². The van der Waals surface area contributed by atoms with Gasteiger partial charge in [0, 0.05) is 0 Å². The second-order valence-electron chi connectivity index (χ2n) is 1.46. The Kier molecular flexibility index (Phi) is 3.70. The average molecular weight is 172 g/mol. The maximum absolute atomic E-state index is 10.1. The molecule has 0 aliphatic rings. The highest BCUT2D eigenvalue weighted by Crippen LogP contribution is 2.35. The third kappa shape index (κ3) is 5.87. The zero-order valence-corrected chi connectivity index (χ0v) is 5.82. The third-order valence-electron chi connectivity index (χ3n) is 0.570.